The highest BCUT2D eigenvalue weighted by atomic mass is 35.5. The van der Waals surface area contributed by atoms with Gasteiger partial charge < -0.3 is 4.90 Å². The number of piperazine rings is 1. The Hall–Kier alpha value is -2.29. The Bertz CT molecular complexity index is 804. The summed E-state index contributed by atoms with van der Waals surface area (Å²) in [5.74, 6) is 2.67. The lowest BCUT2D eigenvalue weighted by Crippen LogP contribution is -2.47. The molecule has 1 fully saturated rings. The predicted octanol–water partition coefficient (Wildman–Crippen LogP) is 2.09. The van der Waals surface area contributed by atoms with E-state index in [-0.39, 0.29) is 10.6 Å². The molecule has 0 N–H and O–H groups in total. The summed E-state index contributed by atoms with van der Waals surface area (Å²) >= 11 is 6.36. The van der Waals surface area contributed by atoms with Gasteiger partial charge in [0.15, 0.2) is 0 Å². The van der Waals surface area contributed by atoms with Crippen molar-refractivity contribution in [2.45, 2.75) is 13.0 Å². The molecule has 0 bridgehead atoms. The SMILES string of the molecule is C#CCCN1CCN(c2cnn(Cc3ccccc3)c(=O)c2Cl)CC1. The van der Waals surface area contributed by atoms with E-state index in [4.69, 9.17) is 18.0 Å². The first-order valence-corrected chi connectivity index (χ1v) is 8.77. The Balaban J connectivity index is 1.71. The molecular formula is C19H21ClN4O. The van der Waals surface area contributed by atoms with E-state index < -0.39 is 0 Å². The Labute approximate surface area is 152 Å². The highest BCUT2D eigenvalue weighted by molar-refractivity contribution is 6.33. The fourth-order valence-electron chi connectivity index (χ4n) is 2.98. The van der Waals surface area contributed by atoms with E-state index in [1.165, 1.54) is 4.68 Å². The zero-order chi connectivity index (χ0) is 17.6. The van der Waals surface area contributed by atoms with Crippen LogP contribution < -0.4 is 10.5 Å². The summed E-state index contributed by atoms with van der Waals surface area (Å²) in [6, 6.07) is 9.75. The van der Waals surface area contributed by atoms with Gasteiger partial charge in [-0.15, -0.1) is 12.3 Å². The normalized spacial score (nSPS) is 15.1. The van der Waals surface area contributed by atoms with Gasteiger partial charge in [0, 0.05) is 39.1 Å². The fourth-order valence-corrected chi connectivity index (χ4v) is 3.25. The molecular weight excluding hydrogens is 336 g/mol. The quantitative estimate of drug-likeness (QED) is 0.769. The Morgan fingerprint density at radius 1 is 1.16 bits per heavy atom. The van der Waals surface area contributed by atoms with Gasteiger partial charge in [-0.25, -0.2) is 4.68 Å². The average molecular weight is 357 g/mol. The monoisotopic (exact) mass is 356 g/mol. The number of rotatable bonds is 5. The Morgan fingerprint density at radius 3 is 2.56 bits per heavy atom. The standard InChI is InChI=1S/C19H21ClN4O/c1-2-3-9-22-10-12-23(13-11-22)17-14-21-24(19(25)18(17)20)15-16-7-5-4-6-8-16/h1,4-8,14H,3,9-13,15H2. The molecule has 1 aromatic carbocycles. The number of terminal acetylenes is 1. The highest BCUT2D eigenvalue weighted by Gasteiger charge is 2.21. The van der Waals surface area contributed by atoms with E-state index in [2.05, 4.69) is 20.8 Å². The number of hydrogen-bond acceptors (Lipinski definition) is 4. The maximum absolute atomic E-state index is 12.6. The fraction of sp³-hybridized carbons (Fsp3) is 0.368. The summed E-state index contributed by atoms with van der Waals surface area (Å²) in [6.45, 7) is 4.77. The number of anilines is 1. The molecule has 130 valence electrons. The number of hydrogen-bond donors (Lipinski definition) is 0. The van der Waals surface area contributed by atoms with Crippen molar-refractivity contribution in [3.05, 3.63) is 57.5 Å². The van der Waals surface area contributed by atoms with Gasteiger partial charge in [-0.05, 0) is 5.56 Å². The van der Waals surface area contributed by atoms with Crippen LogP contribution in [0, 0.1) is 12.3 Å². The van der Waals surface area contributed by atoms with Crippen molar-refractivity contribution in [3.63, 3.8) is 0 Å². The van der Waals surface area contributed by atoms with Crippen LogP contribution in [0.5, 0.6) is 0 Å². The largest absolute Gasteiger partial charge is 0.366 e. The Kier molecular flexibility index (Phi) is 5.75. The molecule has 0 aliphatic carbocycles. The van der Waals surface area contributed by atoms with E-state index >= 15 is 0 Å². The summed E-state index contributed by atoms with van der Waals surface area (Å²) in [5, 5.41) is 4.55. The number of halogens is 1. The molecule has 0 saturated carbocycles. The Morgan fingerprint density at radius 2 is 1.88 bits per heavy atom. The number of aromatic nitrogens is 2. The topological polar surface area (TPSA) is 41.4 Å². The number of benzene rings is 1. The van der Waals surface area contributed by atoms with E-state index in [1.54, 1.807) is 6.20 Å². The smallest absolute Gasteiger partial charge is 0.287 e. The molecule has 1 aliphatic heterocycles. The van der Waals surface area contributed by atoms with Crippen molar-refractivity contribution < 1.29 is 0 Å². The molecule has 3 rings (SSSR count). The van der Waals surface area contributed by atoms with Crippen LogP contribution in [0.1, 0.15) is 12.0 Å². The van der Waals surface area contributed by atoms with Crippen molar-refractivity contribution in [3.8, 4) is 12.3 Å². The van der Waals surface area contributed by atoms with Gasteiger partial charge >= 0.3 is 0 Å². The van der Waals surface area contributed by atoms with Crippen LogP contribution >= 0.6 is 11.6 Å². The van der Waals surface area contributed by atoms with Crippen LogP contribution in [-0.4, -0.2) is 47.4 Å². The molecule has 0 radical (unpaired) electrons. The molecule has 0 spiro atoms. The first kappa shape index (κ1) is 17.5. The van der Waals surface area contributed by atoms with Crippen LogP contribution in [-0.2, 0) is 6.54 Å². The second-order valence-electron chi connectivity index (χ2n) is 6.08. The first-order chi connectivity index (χ1) is 12.2. The molecule has 1 saturated heterocycles. The average Bonchev–Trinajstić information content (AvgIpc) is 2.65. The van der Waals surface area contributed by atoms with Gasteiger partial charge in [-0.2, -0.15) is 5.10 Å². The first-order valence-electron chi connectivity index (χ1n) is 8.39. The van der Waals surface area contributed by atoms with Crippen LogP contribution in [0.2, 0.25) is 5.02 Å². The van der Waals surface area contributed by atoms with E-state index in [0.717, 1.165) is 44.7 Å². The minimum Gasteiger partial charge on any atom is -0.366 e. The van der Waals surface area contributed by atoms with Gasteiger partial charge in [0.1, 0.15) is 5.02 Å². The third kappa shape index (κ3) is 4.22. The molecule has 5 nitrogen and oxygen atoms in total. The molecule has 0 atom stereocenters. The van der Waals surface area contributed by atoms with Crippen molar-refractivity contribution in [1.29, 1.82) is 0 Å². The zero-order valence-electron chi connectivity index (χ0n) is 14.1. The van der Waals surface area contributed by atoms with Crippen molar-refractivity contribution in [2.75, 3.05) is 37.6 Å². The van der Waals surface area contributed by atoms with E-state index in [1.807, 2.05) is 30.3 Å². The third-order valence-electron chi connectivity index (χ3n) is 4.43. The van der Waals surface area contributed by atoms with Crippen molar-refractivity contribution in [2.24, 2.45) is 0 Å². The second kappa shape index (κ2) is 8.19. The predicted molar refractivity (Wildman–Crippen MR) is 101 cm³/mol. The second-order valence-corrected chi connectivity index (χ2v) is 6.45. The zero-order valence-corrected chi connectivity index (χ0v) is 14.8. The molecule has 1 aromatic heterocycles. The van der Waals surface area contributed by atoms with Crippen LogP contribution in [0.3, 0.4) is 0 Å². The molecule has 0 amide bonds. The summed E-state index contributed by atoms with van der Waals surface area (Å²) < 4.78 is 1.41. The molecule has 2 aromatic rings. The number of nitrogens with zero attached hydrogens (tertiary/aromatic N) is 4. The van der Waals surface area contributed by atoms with Crippen LogP contribution in [0.15, 0.2) is 41.3 Å². The van der Waals surface area contributed by atoms with Gasteiger partial charge in [0.05, 0.1) is 18.4 Å². The van der Waals surface area contributed by atoms with E-state index in [9.17, 15) is 4.79 Å². The molecule has 25 heavy (non-hydrogen) atoms. The lowest BCUT2D eigenvalue weighted by molar-refractivity contribution is 0.264. The minimum absolute atomic E-state index is 0.239. The van der Waals surface area contributed by atoms with E-state index in [0.29, 0.717) is 12.2 Å². The maximum Gasteiger partial charge on any atom is 0.287 e. The molecule has 2 heterocycles. The summed E-state index contributed by atoms with van der Waals surface area (Å²) in [4.78, 5) is 17.0. The summed E-state index contributed by atoms with van der Waals surface area (Å²) in [6.07, 6.45) is 7.78. The minimum atomic E-state index is -0.252. The van der Waals surface area contributed by atoms with Gasteiger partial charge in [-0.3, -0.25) is 9.69 Å². The molecule has 0 unspecified atom stereocenters. The summed E-state index contributed by atoms with van der Waals surface area (Å²) in [7, 11) is 0. The third-order valence-corrected chi connectivity index (χ3v) is 4.78. The maximum atomic E-state index is 12.6. The molecule has 1 aliphatic rings. The van der Waals surface area contributed by atoms with Gasteiger partial charge in [-0.1, -0.05) is 41.9 Å². The van der Waals surface area contributed by atoms with Crippen molar-refractivity contribution >= 4 is 17.3 Å². The lowest BCUT2D eigenvalue weighted by Gasteiger charge is -2.35. The highest BCUT2D eigenvalue weighted by Crippen LogP contribution is 2.22. The molecule has 6 heteroatoms. The summed E-state index contributed by atoms with van der Waals surface area (Å²) in [5.41, 5.74) is 1.48. The van der Waals surface area contributed by atoms with Crippen molar-refractivity contribution in [1.82, 2.24) is 14.7 Å². The lowest BCUT2D eigenvalue weighted by atomic mass is 10.2. The van der Waals surface area contributed by atoms with Gasteiger partial charge in [0.25, 0.3) is 5.56 Å². The van der Waals surface area contributed by atoms with Crippen LogP contribution in [0.4, 0.5) is 5.69 Å². The van der Waals surface area contributed by atoms with Crippen LogP contribution in [0.25, 0.3) is 0 Å². The van der Waals surface area contributed by atoms with Gasteiger partial charge in [0.2, 0.25) is 0 Å².